The number of aromatic nitrogens is 1. The van der Waals surface area contributed by atoms with Gasteiger partial charge in [-0.15, -0.1) is 24.0 Å². The highest BCUT2D eigenvalue weighted by atomic mass is 127. The first-order valence-electron chi connectivity index (χ1n) is 7.65. The lowest BCUT2D eigenvalue weighted by atomic mass is 10.1. The molecule has 132 valence electrons. The Balaban J connectivity index is 0.00000288. The van der Waals surface area contributed by atoms with Crippen molar-refractivity contribution in [2.75, 3.05) is 13.1 Å². The molecule has 0 aliphatic carbocycles. The molecule has 3 N–H and O–H groups in total. The summed E-state index contributed by atoms with van der Waals surface area (Å²) >= 11 is 5.86. The molecule has 0 radical (unpaired) electrons. The van der Waals surface area contributed by atoms with Crippen LogP contribution in [0.1, 0.15) is 24.2 Å². The Kier molecular flexibility index (Phi) is 9.17. The molecule has 0 spiro atoms. The largest absolute Gasteiger partial charge is 0.387 e. The molecule has 7 heteroatoms. The molecular formula is C17H24ClIN4O. The maximum atomic E-state index is 10.2. The summed E-state index contributed by atoms with van der Waals surface area (Å²) in [6.07, 6.45) is 3.42. The van der Waals surface area contributed by atoms with Crippen molar-refractivity contribution < 1.29 is 5.11 Å². The number of guanidine groups is 1. The molecule has 1 aromatic heterocycles. The summed E-state index contributed by atoms with van der Waals surface area (Å²) in [5.41, 5.74) is 1.96. The van der Waals surface area contributed by atoms with E-state index < -0.39 is 6.10 Å². The lowest BCUT2D eigenvalue weighted by Crippen LogP contribution is -2.39. The number of nitrogens with zero attached hydrogens (tertiary/aromatic N) is 2. The van der Waals surface area contributed by atoms with Gasteiger partial charge in [0.05, 0.1) is 12.6 Å². The molecule has 0 aliphatic heterocycles. The van der Waals surface area contributed by atoms with Crippen LogP contribution in [0.3, 0.4) is 0 Å². The molecule has 1 unspecified atom stereocenters. The lowest BCUT2D eigenvalue weighted by Gasteiger charge is -2.15. The second-order valence-electron chi connectivity index (χ2n) is 5.33. The van der Waals surface area contributed by atoms with Crippen LogP contribution in [0, 0.1) is 0 Å². The molecule has 2 aromatic rings. The SMILES string of the molecule is CCNC(=NCc1ccn(C)c1)NCC(O)c1ccc(Cl)cc1.I. The van der Waals surface area contributed by atoms with E-state index in [4.69, 9.17) is 11.6 Å². The van der Waals surface area contributed by atoms with Crippen molar-refractivity contribution in [1.29, 1.82) is 0 Å². The van der Waals surface area contributed by atoms with Crippen LogP contribution >= 0.6 is 35.6 Å². The highest BCUT2D eigenvalue weighted by Gasteiger charge is 2.08. The zero-order valence-corrected chi connectivity index (χ0v) is 17.0. The minimum Gasteiger partial charge on any atom is -0.387 e. The van der Waals surface area contributed by atoms with Crippen molar-refractivity contribution in [2.24, 2.45) is 12.0 Å². The monoisotopic (exact) mass is 462 g/mol. The summed E-state index contributed by atoms with van der Waals surface area (Å²) in [5.74, 6) is 0.685. The van der Waals surface area contributed by atoms with Gasteiger partial charge in [-0.1, -0.05) is 23.7 Å². The van der Waals surface area contributed by atoms with Gasteiger partial charge < -0.3 is 20.3 Å². The number of halogens is 2. The van der Waals surface area contributed by atoms with Crippen molar-refractivity contribution in [3.63, 3.8) is 0 Å². The average Bonchev–Trinajstić information content (AvgIpc) is 2.96. The van der Waals surface area contributed by atoms with E-state index in [1.165, 1.54) is 0 Å². The Morgan fingerprint density at radius 2 is 1.96 bits per heavy atom. The average molecular weight is 463 g/mol. The number of hydrogen-bond acceptors (Lipinski definition) is 2. The van der Waals surface area contributed by atoms with Crippen LogP contribution in [-0.2, 0) is 13.6 Å². The molecule has 0 bridgehead atoms. The highest BCUT2D eigenvalue weighted by molar-refractivity contribution is 14.0. The summed E-state index contributed by atoms with van der Waals surface area (Å²) in [5, 5.41) is 17.2. The maximum Gasteiger partial charge on any atom is 0.191 e. The Bertz CT molecular complexity index is 642. The fourth-order valence-electron chi connectivity index (χ4n) is 2.16. The molecule has 0 saturated heterocycles. The number of nitrogens with one attached hydrogen (secondary N) is 2. The third kappa shape index (κ3) is 6.70. The quantitative estimate of drug-likeness (QED) is 0.351. The van der Waals surface area contributed by atoms with E-state index in [9.17, 15) is 5.11 Å². The van der Waals surface area contributed by atoms with Crippen molar-refractivity contribution in [2.45, 2.75) is 19.6 Å². The molecular weight excluding hydrogens is 439 g/mol. The number of benzene rings is 1. The van der Waals surface area contributed by atoms with Crippen molar-refractivity contribution >= 4 is 41.5 Å². The summed E-state index contributed by atoms with van der Waals surface area (Å²) in [6, 6.07) is 9.23. The maximum absolute atomic E-state index is 10.2. The smallest absolute Gasteiger partial charge is 0.191 e. The molecule has 24 heavy (non-hydrogen) atoms. The van der Waals surface area contributed by atoms with E-state index in [1.54, 1.807) is 12.1 Å². The molecule has 2 rings (SSSR count). The third-order valence-electron chi connectivity index (χ3n) is 3.37. The number of aliphatic imine (C=N–C) groups is 1. The summed E-state index contributed by atoms with van der Waals surface area (Å²) in [7, 11) is 1.99. The topological polar surface area (TPSA) is 61.6 Å². The zero-order chi connectivity index (χ0) is 16.7. The van der Waals surface area contributed by atoms with Crippen LogP contribution < -0.4 is 10.6 Å². The van der Waals surface area contributed by atoms with E-state index in [0.717, 1.165) is 17.7 Å². The van der Waals surface area contributed by atoms with E-state index in [2.05, 4.69) is 15.6 Å². The highest BCUT2D eigenvalue weighted by Crippen LogP contribution is 2.15. The minimum absolute atomic E-state index is 0. The molecule has 0 aliphatic rings. The molecule has 0 saturated carbocycles. The van der Waals surface area contributed by atoms with Crippen molar-refractivity contribution in [3.8, 4) is 0 Å². The predicted molar refractivity (Wildman–Crippen MR) is 110 cm³/mol. The van der Waals surface area contributed by atoms with E-state index >= 15 is 0 Å². The summed E-state index contributed by atoms with van der Waals surface area (Å²) in [6.45, 7) is 3.74. The van der Waals surface area contributed by atoms with Crippen LogP contribution in [0.5, 0.6) is 0 Å². The zero-order valence-electron chi connectivity index (χ0n) is 13.9. The van der Waals surface area contributed by atoms with Gasteiger partial charge in [0.1, 0.15) is 0 Å². The fraction of sp³-hybridized carbons (Fsp3) is 0.353. The first kappa shape index (κ1) is 20.8. The third-order valence-corrected chi connectivity index (χ3v) is 3.63. The molecule has 1 atom stereocenters. The number of aryl methyl sites for hydroxylation is 1. The fourth-order valence-corrected chi connectivity index (χ4v) is 2.29. The normalized spacial score (nSPS) is 12.4. The van der Waals surface area contributed by atoms with Crippen molar-refractivity contribution in [3.05, 3.63) is 58.9 Å². The van der Waals surface area contributed by atoms with Gasteiger partial charge in [-0.2, -0.15) is 0 Å². The van der Waals surface area contributed by atoms with Gasteiger partial charge >= 0.3 is 0 Å². The van der Waals surface area contributed by atoms with Crippen LogP contribution in [0.4, 0.5) is 0 Å². The Morgan fingerprint density at radius 1 is 1.25 bits per heavy atom. The molecule has 1 aromatic carbocycles. The van der Waals surface area contributed by atoms with Crippen LogP contribution in [0.2, 0.25) is 5.02 Å². The van der Waals surface area contributed by atoms with Gasteiger partial charge in [0, 0.05) is 37.6 Å². The first-order chi connectivity index (χ1) is 11.1. The first-order valence-corrected chi connectivity index (χ1v) is 8.03. The Hall–Kier alpha value is -1.25. The van der Waals surface area contributed by atoms with Gasteiger partial charge in [0.2, 0.25) is 0 Å². The van der Waals surface area contributed by atoms with E-state index in [0.29, 0.717) is 24.1 Å². The standard InChI is InChI=1S/C17H23ClN4O.HI/c1-3-19-17(20-10-13-8-9-22(2)12-13)21-11-16(23)14-4-6-15(18)7-5-14;/h4-9,12,16,23H,3,10-11H2,1-2H3,(H2,19,20,21);1H. The van der Waals surface area contributed by atoms with Gasteiger partial charge in [-0.25, -0.2) is 4.99 Å². The molecule has 5 nitrogen and oxygen atoms in total. The molecule has 1 heterocycles. The minimum atomic E-state index is -0.618. The molecule has 0 fully saturated rings. The van der Waals surface area contributed by atoms with E-state index in [-0.39, 0.29) is 24.0 Å². The Labute approximate surface area is 165 Å². The Morgan fingerprint density at radius 3 is 2.54 bits per heavy atom. The second-order valence-corrected chi connectivity index (χ2v) is 5.77. The second kappa shape index (κ2) is 10.6. The predicted octanol–water partition coefficient (Wildman–Crippen LogP) is 3.09. The number of rotatable bonds is 6. The van der Waals surface area contributed by atoms with Crippen LogP contribution in [-0.4, -0.2) is 28.7 Å². The van der Waals surface area contributed by atoms with Crippen molar-refractivity contribution in [1.82, 2.24) is 15.2 Å². The van der Waals surface area contributed by atoms with Gasteiger partial charge in [0.15, 0.2) is 5.96 Å². The number of aliphatic hydroxyl groups is 1. The summed E-state index contributed by atoms with van der Waals surface area (Å²) in [4.78, 5) is 4.53. The summed E-state index contributed by atoms with van der Waals surface area (Å²) < 4.78 is 2.00. The van der Waals surface area contributed by atoms with Crippen LogP contribution in [0.25, 0.3) is 0 Å². The lowest BCUT2D eigenvalue weighted by molar-refractivity contribution is 0.181. The van der Waals surface area contributed by atoms with E-state index in [1.807, 2.05) is 49.1 Å². The van der Waals surface area contributed by atoms with Gasteiger partial charge in [0.25, 0.3) is 0 Å². The van der Waals surface area contributed by atoms with Gasteiger partial charge in [-0.3, -0.25) is 0 Å². The number of aliphatic hydroxyl groups excluding tert-OH is 1. The van der Waals surface area contributed by atoms with Crippen LogP contribution in [0.15, 0.2) is 47.7 Å². The number of hydrogen-bond donors (Lipinski definition) is 3. The van der Waals surface area contributed by atoms with Gasteiger partial charge in [-0.05, 0) is 36.2 Å². The molecule has 0 amide bonds.